The fraction of sp³-hybridized carbons (Fsp3) is 0.0870. The Kier molecular flexibility index (Phi) is 6.29. The summed E-state index contributed by atoms with van der Waals surface area (Å²) in [5, 5.41) is -0.386. The van der Waals surface area contributed by atoms with E-state index in [1.54, 1.807) is 23.9 Å². The third-order valence-electron chi connectivity index (χ3n) is 4.39. The molecule has 8 heteroatoms. The first kappa shape index (κ1) is 21.0. The van der Waals surface area contributed by atoms with E-state index in [1.807, 2.05) is 54.6 Å². The summed E-state index contributed by atoms with van der Waals surface area (Å²) in [6, 6.07) is 20.8. The van der Waals surface area contributed by atoms with Crippen LogP contribution in [0.1, 0.15) is 21.9 Å². The average Bonchev–Trinajstić information content (AvgIpc) is 3.36. The molecule has 3 aromatic rings. The lowest BCUT2D eigenvalue weighted by atomic mass is 10.2. The van der Waals surface area contributed by atoms with Gasteiger partial charge in [-0.2, -0.15) is 0 Å². The van der Waals surface area contributed by atoms with E-state index in [1.165, 1.54) is 13.2 Å². The fourth-order valence-corrected chi connectivity index (χ4v) is 4.55. The zero-order valence-corrected chi connectivity index (χ0v) is 18.1. The number of benzene rings is 2. The van der Waals surface area contributed by atoms with E-state index in [-0.39, 0.29) is 17.5 Å². The smallest absolute Gasteiger partial charge is 0.373 e. The summed E-state index contributed by atoms with van der Waals surface area (Å²) >= 11 is 2.53. The van der Waals surface area contributed by atoms with E-state index in [2.05, 4.69) is 4.74 Å². The number of thioether (sulfide) groups is 1. The first-order valence-electron chi connectivity index (χ1n) is 9.29. The van der Waals surface area contributed by atoms with Crippen molar-refractivity contribution in [1.29, 1.82) is 0 Å². The molecule has 0 aliphatic carbocycles. The highest BCUT2D eigenvalue weighted by molar-refractivity contribution is 8.18. The molecule has 1 saturated heterocycles. The molecular formula is C23H17NO5S2. The van der Waals surface area contributed by atoms with Gasteiger partial charge in [-0.05, 0) is 59.8 Å². The number of carbonyl (C=O) groups is 3. The molecule has 2 aromatic carbocycles. The maximum atomic E-state index is 12.7. The zero-order valence-electron chi connectivity index (χ0n) is 16.4. The van der Waals surface area contributed by atoms with Crippen LogP contribution in [0, 0.1) is 0 Å². The number of nitrogens with zero attached hydrogens (tertiary/aromatic N) is 1. The molecule has 156 valence electrons. The number of esters is 1. The normalized spacial score (nSPS) is 15.0. The van der Waals surface area contributed by atoms with Gasteiger partial charge in [0.2, 0.25) is 5.76 Å². The standard InChI is InChI=1S/C23H17NO5S2/c1-28-22(26)19-12-9-16(29-19)14-24-21(25)20(31-23(24)27)13-15-7-10-18(11-8-15)30-17-5-3-2-4-6-17/h2-13H,14H2,1H3. The minimum Gasteiger partial charge on any atom is -0.463 e. The highest BCUT2D eigenvalue weighted by Gasteiger charge is 2.35. The lowest BCUT2D eigenvalue weighted by molar-refractivity contribution is -0.123. The Morgan fingerprint density at radius 3 is 2.45 bits per heavy atom. The van der Waals surface area contributed by atoms with E-state index >= 15 is 0 Å². The van der Waals surface area contributed by atoms with Crippen molar-refractivity contribution in [2.75, 3.05) is 7.11 Å². The molecule has 1 aromatic heterocycles. The molecule has 0 atom stereocenters. The first-order valence-corrected chi connectivity index (χ1v) is 10.9. The topological polar surface area (TPSA) is 76.8 Å². The van der Waals surface area contributed by atoms with Crippen LogP contribution in [0.15, 0.2) is 85.8 Å². The SMILES string of the molecule is COC(=O)c1ccc(CN2C(=O)SC(=Cc3ccc(Sc4ccccc4)cc3)C2=O)o1. The quantitative estimate of drug-likeness (QED) is 0.364. The van der Waals surface area contributed by atoms with Crippen LogP contribution in [0.25, 0.3) is 6.08 Å². The second-order valence-corrected chi connectivity index (χ2v) is 8.65. The largest absolute Gasteiger partial charge is 0.463 e. The predicted octanol–water partition coefficient (Wildman–Crippen LogP) is 5.45. The number of rotatable bonds is 6. The Morgan fingerprint density at radius 1 is 1.03 bits per heavy atom. The minimum absolute atomic E-state index is 0.0217. The van der Waals surface area contributed by atoms with E-state index in [9.17, 15) is 14.4 Å². The number of ether oxygens (including phenoxy) is 1. The second kappa shape index (κ2) is 9.28. The highest BCUT2D eigenvalue weighted by atomic mass is 32.2. The lowest BCUT2D eigenvalue weighted by Gasteiger charge is -2.09. The Hall–Kier alpha value is -3.23. The number of furan rings is 1. The molecule has 0 unspecified atom stereocenters. The van der Waals surface area contributed by atoms with Crippen molar-refractivity contribution in [3.05, 3.63) is 88.7 Å². The van der Waals surface area contributed by atoms with Crippen molar-refractivity contribution in [3.63, 3.8) is 0 Å². The van der Waals surface area contributed by atoms with Gasteiger partial charge >= 0.3 is 5.97 Å². The Labute approximate surface area is 187 Å². The molecule has 0 saturated carbocycles. The third-order valence-corrected chi connectivity index (χ3v) is 6.32. The van der Waals surface area contributed by atoms with E-state index in [0.29, 0.717) is 10.7 Å². The molecule has 0 radical (unpaired) electrons. The highest BCUT2D eigenvalue weighted by Crippen LogP contribution is 2.34. The molecule has 0 bridgehead atoms. The molecule has 2 heterocycles. The van der Waals surface area contributed by atoms with E-state index < -0.39 is 11.9 Å². The van der Waals surface area contributed by atoms with Gasteiger partial charge in [0.25, 0.3) is 11.1 Å². The summed E-state index contributed by atoms with van der Waals surface area (Å²) in [5.74, 6) is -0.664. The van der Waals surface area contributed by atoms with Gasteiger partial charge in [-0.1, -0.05) is 42.1 Å². The van der Waals surface area contributed by atoms with Crippen molar-refractivity contribution in [1.82, 2.24) is 4.90 Å². The van der Waals surface area contributed by atoms with Gasteiger partial charge in [-0.15, -0.1) is 0 Å². The van der Waals surface area contributed by atoms with Crippen LogP contribution in [-0.4, -0.2) is 29.1 Å². The molecule has 4 rings (SSSR count). The van der Waals surface area contributed by atoms with Gasteiger partial charge in [0, 0.05) is 9.79 Å². The maximum Gasteiger partial charge on any atom is 0.373 e. The van der Waals surface area contributed by atoms with Gasteiger partial charge < -0.3 is 9.15 Å². The lowest BCUT2D eigenvalue weighted by Crippen LogP contribution is -2.27. The molecule has 31 heavy (non-hydrogen) atoms. The number of methoxy groups -OCH3 is 1. The molecular weight excluding hydrogens is 434 g/mol. The summed E-state index contributed by atoms with van der Waals surface area (Å²) in [6.45, 7) is -0.0499. The molecule has 0 spiro atoms. The monoisotopic (exact) mass is 451 g/mol. The Morgan fingerprint density at radius 2 is 1.74 bits per heavy atom. The van der Waals surface area contributed by atoms with Crippen LogP contribution >= 0.6 is 23.5 Å². The molecule has 0 N–H and O–H groups in total. The molecule has 1 aliphatic rings. The molecule has 1 fully saturated rings. The number of hydrogen-bond acceptors (Lipinski definition) is 7. The van der Waals surface area contributed by atoms with Gasteiger partial charge in [0.05, 0.1) is 18.6 Å². The summed E-state index contributed by atoms with van der Waals surface area (Å²) in [4.78, 5) is 40.2. The van der Waals surface area contributed by atoms with Crippen molar-refractivity contribution >= 4 is 46.7 Å². The van der Waals surface area contributed by atoms with Crippen molar-refractivity contribution in [2.45, 2.75) is 16.3 Å². The average molecular weight is 452 g/mol. The summed E-state index contributed by atoms with van der Waals surface area (Å²) < 4.78 is 9.95. The van der Waals surface area contributed by atoms with Gasteiger partial charge in [-0.25, -0.2) is 4.79 Å². The van der Waals surface area contributed by atoms with Crippen LogP contribution in [0.4, 0.5) is 4.79 Å². The minimum atomic E-state index is -0.617. The Bertz CT molecular complexity index is 1150. The van der Waals surface area contributed by atoms with Crippen molar-refractivity contribution < 1.29 is 23.5 Å². The van der Waals surface area contributed by atoms with Crippen LogP contribution in [-0.2, 0) is 16.1 Å². The fourth-order valence-electron chi connectivity index (χ4n) is 2.87. The number of carbonyl (C=O) groups excluding carboxylic acids is 3. The summed E-state index contributed by atoms with van der Waals surface area (Å²) in [6.07, 6.45) is 1.70. The molecule has 6 nitrogen and oxygen atoms in total. The second-order valence-electron chi connectivity index (χ2n) is 6.51. The first-order chi connectivity index (χ1) is 15.0. The van der Waals surface area contributed by atoms with Gasteiger partial charge in [0.1, 0.15) is 5.76 Å². The van der Waals surface area contributed by atoms with Crippen molar-refractivity contribution in [3.8, 4) is 0 Å². The molecule has 1 aliphatic heterocycles. The maximum absolute atomic E-state index is 12.7. The summed E-state index contributed by atoms with van der Waals surface area (Å²) in [5.41, 5.74) is 0.828. The number of amides is 2. The van der Waals surface area contributed by atoms with Crippen molar-refractivity contribution in [2.24, 2.45) is 0 Å². The van der Waals surface area contributed by atoms with E-state index in [4.69, 9.17) is 4.42 Å². The number of hydrogen-bond donors (Lipinski definition) is 0. The van der Waals surface area contributed by atoms with Crippen LogP contribution in [0.5, 0.6) is 0 Å². The van der Waals surface area contributed by atoms with Crippen LogP contribution in [0.2, 0.25) is 0 Å². The summed E-state index contributed by atoms with van der Waals surface area (Å²) in [7, 11) is 1.25. The molecule has 2 amide bonds. The van der Waals surface area contributed by atoms with Crippen LogP contribution < -0.4 is 0 Å². The third kappa shape index (κ3) is 4.92. The van der Waals surface area contributed by atoms with Gasteiger partial charge in [0.15, 0.2) is 0 Å². The van der Waals surface area contributed by atoms with Gasteiger partial charge in [-0.3, -0.25) is 14.5 Å². The van der Waals surface area contributed by atoms with E-state index in [0.717, 1.165) is 32.0 Å². The predicted molar refractivity (Wildman–Crippen MR) is 119 cm³/mol. The number of imide groups is 1. The zero-order chi connectivity index (χ0) is 21.8. The Balaban J connectivity index is 1.44. The van der Waals surface area contributed by atoms with Crippen LogP contribution in [0.3, 0.4) is 0 Å².